The van der Waals surface area contributed by atoms with Crippen LogP contribution in [0.5, 0.6) is 0 Å². The predicted octanol–water partition coefficient (Wildman–Crippen LogP) is 3.27. The number of hydrogen-bond acceptors (Lipinski definition) is 6. The lowest BCUT2D eigenvalue weighted by molar-refractivity contribution is -0.117. The van der Waals surface area contributed by atoms with Crippen LogP contribution in [0, 0.1) is 13.8 Å². The van der Waals surface area contributed by atoms with Crippen molar-refractivity contribution in [2.45, 2.75) is 38.9 Å². The molecular weight excluding hydrogens is 400 g/mol. The number of nitrogens with one attached hydrogen (secondary N) is 2. The molecule has 0 aliphatic rings. The van der Waals surface area contributed by atoms with Crippen molar-refractivity contribution in [3.05, 3.63) is 53.9 Å². The number of hydrogen-bond donors (Lipinski definition) is 2. The second kappa shape index (κ2) is 9.53. The van der Waals surface area contributed by atoms with Gasteiger partial charge < -0.3 is 5.32 Å². The van der Waals surface area contributed by atoms with Crippen molar-refractivity contribution in [1.29, 1.82) is 0 Å². The van der Waals surface area contributed by atoms with E-state index >= 15 is 0 Å². The fraction of sp³-hybridized carbons (Fsp3) is 0.286. The molecule has 2 aromatic heterocycles. The average molecular weight is 425 g/mol. The molecule has 30 heavy (non-hydrogen) atoms. The summed E-state index contributed by atoms with van der Waals surface area (Å²) in [5.41, 5.74) is 3.95. The molecule has 0 saturated carbocycles. The van der Waals surface area contributed by atoms with Crippen LogP contribution in [0.3, 0.4) is 0 Å². The Morgan fingerprint density at radius 2 is 1.97 bits per heavy atom. The zero-order valence-electron chi connectivity index (χ0n) is 17.3. The molecule has 2 N–H and O–H groups in total. The lowest BCUT2D eigenvalue weighted by Crippen LogP contribution is -2.43. The Kier molecular flexibility index (Phi) is 6.83. The fourth-order valence-corrected chi connectivity index (χ4v) is 3.65. The van der Waals surface area contributed by atoms with Crippen LogP contribution < -0.4 is 10.6 Å². The molecule has 9 heteroatoms. The van der Waals surface area contributed by atoms with Crippen molar-refractivity contribution in [2.24, 2.45) is 0 Å². The van der Waals surface area contributed by atoms with Gasteiger partial charge in [-0.1, -0.05) is 29.5 Å². The number of imide groups is 1. The van der Waals surface area contributed by atoms with Gasteiger partial charge in [0.1, 0.15) is 0 Å². The van der Waals surface area contributed by atoms with E-state index in [1.807, 2.05) is 56.5 Å². The normalized spacial score (nSPS) is 10.8. The Labute approximate surface area is 179 Å². The van der Waals surface area contributed by atoms with E-state index in [0.717, 1.165) is 22.4 Å². The molecule has 3 rings (SSSR count). The first-order chi connectivity index (χ1) is 14.3. The van der Waals surface area contributed by atoms with Crippen molar-refractivity contribution in [3.63, 3.8) is 0 Å². The molecule has 0 aliphatic heterocycles. The van der Waals surface area contributed by atoms with Crippen molar-refractivity contribution < 1.29 is 9.59 Å². The predicted molar refractivity (Wildman–Crippen MR) is 117 cm³/mol. The first-order valence-corrected chi connectivity index (χ1v) is 10.5. The van der Waals surface area contributed by atoms with Gasteiger partial charge in [-0.05, 0) is 51.5 Å². The zero-order valence-corrected chi connectivity index (χ0v) is 18.2. The molecule has 8 nitrogen and oxygen atoms in total. The van der Waals surface area contributed by atoms with Gasteiger partial charge in [-0.15, -0.1) is 10.2 Å². The molecule has 0 atom stereocenters. The number of pyridine rings is 1. The van der Waals surface area contributed by atoms with E-state index in [2.05, 4.69) is 31.9 Å². The quantitative estimate of drug-likeness (QED) is 0.589. The summed E-state index contributed by atoms with van der Waals surface area (Å²) in [5, 5.41) is 14.1. The second-order valence-electron chi connectivity index (χ2n) is 7.14. The number of thioether (sulfide) groups is 1. The third-order valence-electron chi connectivity index (χ3n) is 4.15. The van der Waals surface area contributed by atoms with Gasteiger partial charge in [0.15, 0.2) is 11.0 Å². The minimum atomic E-state index is -0.512. The lowest BCUT2D eigenvalue weighted by Gasteiger charge is -2.13. The van der Waals surface area contributed by atoms with E-state index in [1.165, 1.54) is 11.8 Å². The number of aryl methyl sites for hydroxylation is 2. The zero-order chi connectivity index (χ0) is 21.7. The number of carbonyl (C=O) groups excluding carboxylic acids is 2. The molecular formula is C21H24N6O2S. The summed E-state index contributed by atoms with van der Waals surface area (Å²) < 4.78 is 1.91. The summed E-state index contributed by atoms with van der Waals surface area (Å²) in [7, 11) is 0. The summed E-state index contributed by atoms with van der Waals surface area (Å²) >= 11 is 1.22. The molecule has 0 unspecified atom stereocenters. The van der Waals surface area contributed by atoms with E-state index in [4.69, 9.17) is 0 Å². The molecule has 1 aromatic carbocycles. The molecule has 0 aliphatic carbocycles. The Morgan fingerprint density at radius 3 is 2.63 bits per heavy atom. The van der Waals surface area contributed by atoms with Gasteiger partial charge in [0.25, 0.3) is 0 Å². The first-order valence-electron chi connectivity index (χ1n) is 9.51. The van der Waals surface area contributed by atoms with Crippen molar-refractivity contribution in [2.75, 3.05) is 5.75 Å². The number of rotatable bonds is 6. The molecule has 0 radical (unpaired) electrons. The number of benzene rings is 1. The first kappa shape index (κ1) is 21.5. The molecule has 3 aromatic rings. The van der Waals surface area contributed by atoms with Gasteiger partial charge in [-0.3, -0.25) is 19.7 Å². The maximum Gasteiger partial charge on any atom is 0.321 e. The number of carbonyl (C=O) groups is 2. The highest BCUT2D eigenvalue weighted by atomic mass is 32.2. The van der Waals surface area contributed by atoms with Crippen LogP contribution in [0.15, 0.2) is 47.9 Å². The Hall–Kier alpha value is -3.20. The van der Waals surface area contributed by atoms with Crippen LogP contribution >= 0.6 is 11.8 Å². The average Bonchev–Trinajstić information content (AvgIpc) is 3.10. The van der Waals surface area contributed by atoms with E-state index in [-0.39, 0.29) is 11.8 Å². The Bertz CT molecular complexity index is 1050. The summed E-state index contributed by atoms with van der Waals surface area (Å²) in [5.74, 6) is 0.258. The van der Waals surface area contributed by atoms with Crippen LogP contribution in [-0.4, -0.2) is 43.5 Å². The van der Waals surface area contributed by atoms with Gasteiger partial charge in [0, 0.05) is 24.0 Å². The third-order valence-corrected chi connectivity index (χ3v) is 5.08. The van der Waals surface area contributed by atoms with Gasteiger partial charge in [0.2, 0.25) is 5.91 Å². The van der Waals surface area contributed by atoms with E-state index in [1.54, 1.807) is 12.4 Å². The van der Waals surface area contributed by atoms with E-state index in [9.17, 15) is 9.59 Å². The number of amides is 3. The van der Waals surface area contributed by atoms with Crippen molar-refractivity contribution in [1.82, 2.24) is 30.4 Å². The standard InChI is InChI=1S/C21H24N6O2S/c1-13(2)23-20(29)24-18(28)12-30-21-26-25-19(16-6-5-9-22-11-16)27(21)17-8-7-14(3)10-15(17)4/h5-11,13H,12H2,1-4H3,(H2,23,24,28,29). The van der Waals surface area contributed by atoms with Gasteiger partial charge >= 0.3 is 6.03 Å². The van der Waals surface area contributed by atoms with Crippen molar-refractivity contribution >= 4 is 23.7 Å². The minimum Gasteiger partial charge on any atom is -0.336 e. The maximum atomic E-state index is 12.2. The lowest BCUT2D eigenvalue weighted by atomic mass is 10.1. The SMILES string of the molecule is Cc1ccc(-n2c(SCC(=O)NC(=O)NC(C)C)nnc2-c2cccnc2)c(C)c1. The number of aromatic nitrogens is 4. The second-order valence-corrected chi connectivity index (χ2v) is 8.08. The molecule has 0 saturated heterocycles. The van der Waals surface area contributed by atoms with E-state index < -0.39 is 11.9 Å². The maximum absolute atomic E-state index is 12.2. The monoisotopic (exact) mass is 424 g/mol. The minimum absolute atomic E-state index is 0.0294. The highest BCUT2D eigenvalue weighted by Gasteiger charge is 2.19. The molecule has 156 valence electrons. The summed E-state index contributed by atoms with van der Waals surface area (Å²) in [6.07, 6.45) is 3.42. The number of nitrogens with zero attached hydrogens (tertiary/aromatic N) is 4. The fourth-order valence-electron chi connectivity index (χ4n) is 2.91. The summed E-state index contributed by atoms with van der Waals surface area (Å²) in [6.45, 7) is 7.70. The van der Waals surface area contributed by atoms with E-state index in [0.29, 0.717) is 11.0 Å². The van der Waals surface area contributed by atoms with Crippen LogP contribution in [0.1, 0.15) is 25.0 Å². The highest BCUT2D eigenvalue weighted by Crippen LogP contribution is 2.29. The Morgan fingerprint density at radius 1 is 1.17 bits per heavy atom. The topological polar surface area (TPSA) is 102 Å². The van der Waals surface area contributed by atoms with Crippen LogP contribution in [0.4, 0.5) is 4.79 Å². The van der Waals surface area contributed by atoms with Crippen LogP contribution in [0.2, 0.25) is 0 Å². The van der Waals surface area contributed by atoms with Gasteiger partial charge in [-0.25, -0.2) is 4.79 Å². The third kappa shape index (κ3) is 5.24. The molecule has 0 fully saturated rings. The smallest absolute Gasteiger partial charge is 0.321 e. The van der Waals surface area contributed by atoms with Crippen LogP contribution in [-0.2, 0) is 4.79 Å². The van der Waals surface area contributed by atoms with Gasteiger partial charge in [0.05, 0.1) is 11.4 Å². The highest BCUT2D eigenvalue weighted by molar-refractivity contribution is 7.99. The largest absolute Gasteiger partial charge is 0.336 e. The van der Waals surface area contributed by atoms with Crippen LogP contribution in [0.25, 0.3) is 17.1 Å². The Balaban J connectivity index is 1.89. The molecule has 3 amide bonds. The molecule has 0 spiro atoms. The summed E-state index contributed by atoms with van der Waals surface area (Å²) in [4.78, 5) is 28.1. The van der Waals surface area contributed by atoms with Crippen molar-refractivity contribution in [3.8, 4) is 17.1 Å². The molecule has 2 heterocycles. The number of urea groups is 1. The van der Waals surface area contributed by atoms with Gasteiger partial charge in [-0.2, -0.15) is 0 Å². The molecule has 0 bridgehead atoms. The summed E-state index contributed by atoms with van der Waals surface area (Å²) in [6, 6.07) is 9.29.